The van der Waals surface area contributed by atoms with Crippen LogP contribution in [0.2, 0.25) is 0 Å². The maximum absolute atomic E-state index is 6.99. The van der Waals surface area contributed by atoms with Gasteiger partial charge in [0.1, 0.15) is 11.2 Å². The van der Waals surface area contributed by atoms with E-state index in [2.05, 4.69) is 229 Å². The highest BCUT2D eigenvalue weighted by Crippen LogP contribution is 2.51. The quantitative estimate of drug-likeness (QED) is 0.162. The van der Waals surface area contributed by atoms with Crippen LogP contribution in [-0.4, -0.2) is 0 Å². The highest BCUT2D eigenvalue weighted by Gasteiger charge is 2.27. The summed E-state index contributed by atoms with van der Waals surface area (Å²) in [4.78, 5) is 2.48. The predicted octanol–water partition coefficient (Wildman–Crippen LogP) is 16.0. The van der Waals surface area contributed by atoms with E-state index in [1.54, 1.807) is 0 Å². The van der Waals surface area contributed by atoms with Crippen LogP contribution in [0.25, 0.3) is 88.0 Å². The molecule has 0 radical (unpaired) electrons. The van der Waals surface area contributed by atoms with Crippen LogP contribution >= 0.6 is 0 Å². The summed E-state index contributed by atoms with van der Waals surface area (Å²) in [6.45, 7) is 0. The first-order valence-electron chi connectivity index (χ1n) is 19.9. The predicted molar refractivity (Wildman–Crippen MR) is 245 cm³/mol. The average molecular weight is 740 g/mol. The Morgan fingerprint density at radius 1 is 0.276 bits per heavy atom. The second-order valence-corrected chi connectivity index (χ2v) is 14.8. The zero-order valence-corrected chi connectivity index (χ0v) is 31.7. The molecular formula is C56H37NO. The summed E-state index contributed by atoms with van der Waals surface area (Å²) < 4.78 is 6.99. The van der Waals surface area contributed by atoms with Crippen molar-refractivity contribution in [2.45, 2.75) is 0 Å². The van der Waals surface area contributed by atoms with E-state index in [9.17, 15) is 0 Å². The smallest absolute Gasteiger partial charge is 0.145 e. The Kier molecular flexibility index (Phi) is 8.19. The first kappa shape index (κ1) is 33.6. The fourth-order valence-corrected chi connectivity index (χ4v) is 8.90. The van der Waals surface area contributed by atoms with E-state index < -0.39 is 0 Å². The lowest BCUT2D eigenvalue weighted by molar-refractivity contribution is 0.670. The minimum Gasteiger partial charge on any atom is -0.455 e. The Morgan fingerprint density at radius 2 is 0.741 bits per heavy atom. The van der Waals surface area contributed by atoms with Gasteiger partial charge in [-0.25, -0.2) is 0 Å². The molecular weight excluding hydrogens is 703 g/mol. The fourth-order valence-electron chi connectivity index (χ4n) is 8.90. The van der Waals surface area contributed by atoms with E-state index >= 15 is 0 Å². The first-order valence-corrected chi connectivity index (χ1v) is 19.9. The summed E-state index contributed by atoms with van der Waals surface area (Å²) in [7, 11) is 0. The van der Waals surface area contributed by atoms with E-state index in [0.717, 1.165) is 66.8 Å². The van der Waals surface area contributed by atoms with Gasteiger partial charge < -0.3 is 9.32 Å². The van der Waals surface area contributed by atoms with Crippen molar-refractivity contribution >= 4 is 60.5 Å². The number of nitrogens with zero attached hydrogens (tertiary/aromatic N) is 1. The Bertz CT molecular complexity index is 3290. The van der Waals surface area contributed by atoms with E-state index in [0.29, 0.717) is 0 Å². The average Bonchev–Trinajstić information content (AvgIpc) is 3.70. The van der Waals surface area contributed by atoms with Crippen molar-refractivity contribution in [1.29, 1.82) is 0 Å². The van der Waals surface area contributed by atoms with Crippen LogP contribution < -0.4 is 4.90 Å². The van der Waals surface area contributed by atoms with E-state index in [-0.39, 0.29) is 0 Å². The molecule has 1 heterocycles. The molecule has 1 aromatic heterocycles. The number of anilines is 3. The van der Waals surface area contributed by atoms with Gasteiger partial charge >= 0.3 is 0 Å². The summed E-state index contributed by atoms with van der Waals surface area (Å²) in [6.07, 6.45) is 0. The Morgan fingerprint density at radius 3 is 1.41 bits per heavy atom. The minimum absolute atomic E-state index is 0.858. The third-order valence-electron chi connectivity index (χ3n) is 11.5. The van der Waals surface area contributed by atoms with Gasteiger partial charge in [0.05, 0.1) is 22.4 Å². The van der Waals surface area contributed by atoms with Crippen molar-refractivity contribution < 1.29 is 4.42 Å². The molecule has 0 aliphatic rings. The second kappa shape index (κ2) is 14.1. The molecule has 0 unspecified atom stereocenters. The van der Waals surface area contributed by atoms with Crippen LogP contribution in [0.3, 0.4) is 0 Å². The highest BCUT2D eigenvalue weighted by atomic mass is 16.3. The standard InChI is InChI=1S/C56H37NO/c1-2-18-38(19-3-1)41-26-8-9-27-44(41)47-28-10-13-33-51(47)57(52-34-14-11-29-48(52)45-31-16-22-39-20-4-6-24-42(39)45)53-37-36-49(46-32-17-23-40-21-5-7-25-43(40)46)56-55(53)50-30-12-15-35-54(50)58-56/h1-37H. The summed E-state index contributed by atoms with van der Waals surface area (Å²) in [5.41, 5.74) is 14.1. The molecule has 0 aliphatic carbocycles. The molecule has 10 aromatic carbocycles. The molecule has 0 atom stereocenters. The third-order valence-corrected chi connectivity index (χ3v) is 11.5. The van der Waals surface area contributed by atoms with E-state index in [1.165, 1.54) is 38.2 Å². The summed E-state index contributed by atoms with van der Waals surface area (Å²) in [6, 6.07) is 80.6. The summed E-state index contributed by atoms with van der Waals surface area (Å²) in [5.74, 6) is 0. The number of rotatable bonds is 7. The van der Waals surface area contributed by atoms with Crippen molar-refractivity contribution in [2.75, 3.05) is 4.90 Å². The van der Waals surface area contributed by atoms with Crippen LogP contribution in [0.1, 0.15) is 0 Å². The topological polar surface area (TPSA) is 16.4 Å². The van der Waals surface area contributed by atoms with E-state index in [1.807, 2.05) is 0 Å². The zero-order chi connectivity index (χ0) is 38.4. The molecule has 2 nitrogen and oxygen atoms in total. The van der Waals surface area contributed by atoms with Gasteiger partial charge in [-0.15, -0.1) is 0 Å². The zero-order valence-electron chi connectivity index (χ0n) is 31.7. The fraction of sp³-hybridized carbons (Fsp3) is 0. The van der Waals surface area contributed by atoms with Gasteiger partial charge in [0, 0.05) is 22.1 Å². The van der Waals surface area contributed by atoms with Crippen molar-refractivity contribution in [3.63, 3.8) is 0 Å². The molecule has 0 aliphatic heterocycles. The van der Waals surface area contributed by atoms with Crippen molar-refractivity contribution in [3.05, 3.63) is 224 Å². The largest absolute Gasteiger partial charge is 0.455 e. The molecule has 0 N–H and O–H groups in total. The van der Waals surface area contributed by atoms with Gasteiger partial charge in [0.2, 0.25) is 0 Å². The van der Waals surface area contributed by atoms with Crippen molar-refractivity contribution in [2.24, 2.45) is 0 Å². The van der Waals surface area contributed by atoms with Crippen LogP contribution in [0.5, 0.6) is 0 Å². The maximum Gasteiger partial charge on any atom is 0.145 e. The third kappa shape index (κ3) is 5.57. The van der Waals surface area contributed by atoms with Gasteiger partial charge in [-0.05, 0) is 79.7 Å². The Hall–Kier alpha value is -7.68. The Labute approximate surface area is 337 Å². The summed E-state index contributed by atoms with van der Waals surface area (Å²) >= 11 is 0. The maximum atomic E-state index is 6.99. The summed E-state index contributed by atoms with van der Waals surface area (Å²) in [5, 5.41) is 6.96. The van der Waals surface area contributed by atoms with Crippen molar-refractivity contribution in [3.8, 4) is 44.5 Å². The molecule has 11 rings (SSSR count). The first-order chi connectivity index (χ1) is 28.8. The monoisotopic (exact) mass is 739 g/mol. The van der Waals surface area contributed by atoms with Gasteiger partial charge in [0.25, 0.3) is 0 Å². The van der Waals surface area contributed by atoms with Crippen LogP contribution in [0.4, 0.5) is 17.1 Å². The lowest BCUT2D eigenvalue weighted by atomic mass is 9.91. The lowest BCUT2D eigenvalue weighted by Crippen LogP contribution is -2.13. The molecule has 0 amide bonds. The number of fused-ring (bicyclic) bond motifs is 5. The molecule has 11 aromatic rings. The molecule has 0 fully saturated rings. The molecule has 272 valence electrons. The molecule has 0 spiro atoms. The SMILES string of the molecule is c1ccc(-c2ccccc2-c2ccccc2N(c2ccccc2-c2cccc3ccccc23)c2ccc(-c3cccc4ccccc34)c3oc4ccccc4c23)cc1. The van der Waals surface area contributed by atoms with Crippen LogP contribution in [-0.2, 0) is 0 Å². The molecule has 0 saturated heterocycles. The molecule has 0 saturated carbocycles. The number of benzene rings is 10. The van der Waals surface area contributed by atoms with Crippen LogP contribution in [0, 0.1) is 0 Å². The Balaban J connectivity index is 1.25. The molecule has 2 heteroatoms. The van der Waals surface area contributed by atoms with Crippen molar-refractivity contribution in [1.82, 2.24) is 0 Å². The van der Waals surface area contributed by atoms with Gasteiger partial charge in [0.15, 0.2) is 0 Å². The number of hydrogen-bond donors (Lipinski definition) is 0. The van der Waals surface area contributed by atoms with Gasteiger partial charge in [-0.2, -0.15) is 0 Å². The van der Waals surface area contributed by atoms with Gasteiger partial charge in [-0.1, -0.05) is 194 Å². The lowest BCUT2D eigenvalue weighted by Gasteiger charge is -2.31. The number of furan rings is 1. The van der Waals surface area contributed by atoms with Gasteiger partial charge in [-0.3, -0.25) is 0 Å². The molecule has 58 heavy (non-hydrogen) atoms. The highest BCUT2D eigenvalue weighted by molar-refractivity contribution is 6.19. The second-order valence-electron chi connectivity index (χ2n) is 14.8. The van der Waals surface area contributed by atoms with Crippen LogP contribution in [0.15, 0.2) is 229 Å². The number of hydrogen-bond acceptors (Lipinski definition) is 2. The minimum atomic E-state index is 0.858. The number of para-hydroxylation sites is 3. The molecule has 0 bridgehead atoms. The van der Waals surface area contributed by atoms with E-state index in [4.69, 9.17) is 4.42 Å². The normalized spacial score (nSPS) is 11.4.